The number of carboxylic acids is 1. The molecule has 7 heteroatoms. The molecule has 0 fully saturated rings. The number of nitrogens with one attached hydrogen (secondary N) is 1. The van der Waals surface area contributed by atoms with Crippen LogP contribution < -0.4 is 4.89 Å². The molecule has 0 rings (SSSR count). The molecule has 0 spiro atoms. The fourth-order valence-electron chi connectivity index (χ4n) is 0.270. The van der Waals surface area contributed by atoms with Crippen LogP contribution in [0.4, 0.5) is 0 Å². The fraction of sp³-hybridized carbons (Fsp3) is 0.800. The van der Waals surface area contributed by atoms with Crippen LogP contribution in [0.3, 0.4) is 0 Å². The molecule has 0 aromatic carbocycles. The van der Waals surface area contributed by atoms with Crippen molar-refractivity contribution in [3.05, 3.63) is 0 Å². The molecule has 0 heterocycles. The lowest BCUT2D eigenvalue weighted by Crippen LogP contribution is -2.32. The Kier molecular flexibility index (Phi) is 4.15. The van der Waals surface area contributed by atoms with Crippen LogP contribution in [0.25, 0.3) is 0 Å². The summed E-state index contributed by atoms with van der Waals surface area (Å²) in [5.41, 5.74) is 0. The van der Waals surface area contributed by atoms with Crippen molar-refractivity contribution in [3.63, 3.8) is 0 Å². The van der Waals surface area contributed by atoms with Crippen molar-refractivity contribution in [2.45, 2.75) is 19.1 Å². The summed E-state index contributed by atoms with van der Waals surface area (Å²) in [6, 6.07) is 0. The number of hydrogen-bond acceptors (Lipinski definition) is 4. The van der Waals surface area contributed by atoms with Gasteiger partial charge < -0.3 is 5.11 Å². The van der Waals surface area contributed by atoms with E-state index in [0.29, 0.717) is 0 Å². The van der Waals surface area contributed by atoms with Gasteiger partial charge >= 0.3 is 5.97 Å². The molecule has 0 aliphatic heterocycles. The number of rotatable bonds is 5. The van der Waals surface area contributed by atoms with E-state index in [9.17, 15) is 13.2 Å². The molecule has 0 aromatic rings. The lowest BCUT2D eigenvalue weighted by Gasteiger charge is -2.07. The highest BCUT2D eigenvalue weighted by Gasteiger charge is 2.15. The van der Waals surface area contributed by atoms with Crippen LogP contribution in [0.5, 0.6) is 0 Å². The van der Waals surface area contributed by atoms with Crippen LogP contribution >= 0.6 is 0 Å². The number of hydrogen-bond donors (Lipinski definition) is 2. The number of carbonyl (C=O) groups is 1. The van der Waals surface area contributed by atoms with E-state index < -0.39 is 27.8 Å². The van der Waals surface area contributed by atoms with Gasteiger partial charge in [-0.2, -0.15) is 0 Å². The number of carboxylic acid groups (broad SMARTS) is 1. The van der Waals surface area contributed by atoms with Gasteiger partial charge in [0.15, 0.2) is 6.61 Å². The van der Waals surface area contributed by atoms with Crippen LogP contribution in [-0.2, 0) is 19.7 Å². The number of aliphatic carboxylic acids is 1. The molecule has 72 valence electrons. The molecule has 0 atom stereocenters. The Morgan fingerprint density at radius 1 is 1.58 bits per heavy atom. The van der Waals surface area contributed by atoms with Crippen molar-refractivity contribution in [1.29, 1.82) is 0 Å². The summed E-state index contributed by atoms with van der Waals surface area (Å²) in [4.78, 5) is 15.8. The standard InChI is InChI=1S/C5H11NO5S/c1-4(2)12(9,10)6-11-3-5(7)8/h4,6H,3H2,1-2H3,(H,7,8). The summed E-state index contributed by atoms with van der Waals surface area (Å²) in [5.74, 6) is -1.23. The molecule has 0 aliphatic carbocycles. The molecule has 0 saturated heterocycles. The quantitative estimate of drug-likeness (QED) is 0.570. The summed E-state index contributed by atoms with van der Waals surface area (Å²) in [6.45, 7) is 2.21. The maximum absolute atomic E-state index is 10.9. The van der Waals surface area contributed by atoms with E-state index in [1.165, 1.54) is 13.8 Å². The minimum Gasteiger partial charge on any atom is -0.479 e. The molecule has 12 heavy (non-hydrogen) atoms. The van der Waals surface area contributed by atoms with Gasteiger partial charge in [-0.05, 0) is 13.8 Å². The summed E-state index contributed by atoms with van der Waals surface area (Å²) in [5, 5.41) is 7.44. The van der Waals surface area contributed by atoms with E-state index in [2.05, 4.69) is 4.84 Å². The Hall–Kier alpha value is -0.660. The smallest absolute Gasteiger partial charge is 0.331 e. The molecule has 0 radical (unpaired) electrons. The van der Waals surface area contributed by atoms with Crippen LogP contribution in [0.15, 0.2) is 0 Å². The van der Waals surface area contributed by atoms with Gasteiger partial charge in [-0.25, -0.2) is 13.2 Å². The minimum atomic E-state index is -3.53. The third kappa shape index (κ3) is 4.27. The third-order valence-corrected chi connectivity index (χ3v) is 2.58. The summed E-state index contributed by atoms with van der Waals surface area (Å²) in [6.07, 6.45) is 0. The normalized spacial score (nSPS) is 11.9. The lowest BCUT2D eigenvalue weighted by atomic mass is 10.6. The average molecular weight is 197 g/mol. The van der Waals surface area contributed by atoms with Gasteiger partial charge in [0.1, 0.15) is 0 Å². The van der Waals surface area contributed by atoms with Crippen molar-refractivity contribution in [1.82, 2.24) is 4.89 Å². The largest absolute Gasteiger partial charge is 0.479 e. The Morgan fingerprint density at radius 2 is 2.08 bits per heavy atom. The maximum atomic E-state index is 10.9. The second-order valence-electron chi connectivity index (χ2n) is 2.36. The van der Waals surface area contributed by atoms with E-state index in [1.54, 1.807) is 4.89 Å². The predicted molar refractivity (Wildman–Crippen MR) is 40.8 cm³/mol. The highest BCUT2D eigenvalue weighted by atomic mass is 32.2. The zero-order valence-corrected chi connectivity index (χ0v) is 7.59. The molecule has 0 aromatic heterocycles. The minimum absolute atomic E-state index is 0.647. The van der Waals surface area contributed by atoms with E-state index in [0.717, 1.165) is 0 Å². The van der Waals surface area contributed by atoms with Crippen LogP contribution in [0.1, 0.15) is 13.8 Å². The molecule has 2 N–H and O–H groups in total. The highest BCUT2D eigenvalue weighted by Crippen LogP contribution is 1.94. The van der Waals surface area contributed by atoms with Gasteiger partial charge in [0.2, 0.25) is 10.0 Å². The first-order valence-electron chi connectivity index (χ1n) is 3.20. The Balaban J connectivity index is 3.86. The molecule has 0 saturated carbocycles. The van der Waals surface area contributed by atoms with Gasteiger partial charge in [-0.15, -0.1) is 0 Å². The van der Waals surface area contributed by atoms with Crippen molar-refractivity contribution < 1.29 is 23.2 Å². The predicted octanol–water partition coefficient (Wildman–Crippen LogP) is -0.670. The zero-order valence-electron chi connectivity index (χ0n) is 6.77. The lowest BCUT2D eigenvalue weighted by molar-refractivity contribution is -0.143. The summed E-state index contributed by atoms with van der Waals surface area (Å²) < 4.78 is 21.8. The van der Waals surface area contributed by atoms with Crippen LogP contribution in [0, 0.1) is 0 Å². The molecule has 0 unspecified atom stereocenters. The van der Waals surface area contributed by atoms with Crippen molar-refractivity contribution in [3.8, 4) is 0 Å². The molecule has 0 bridgehead atoms. The van der Waals surface area contributed by atoms with Gasteiger partial charge in [0, 0.05) is 0 Å². The van der Waals surface area contributed by atoms with Crippen LogP contribution in [0.2, 0.25) is 0 Å². The summed E-state index contributed by atoms with van der Waals surface area (Å²) in [7, 11) is -3.53. The van der Waals surface area contributed by atoms with Crippen molar-refractivity contribution >= 4 is 16.0 Å². The first-order valence-corrected chi connectivity index (χ1v) is 4.75. The Labute approximate surface area is 70.5 Å². The number of sulfonamides is 1. The Morgan fingerprint density at radius 3 is 2.42 bits per heavy atom. The zero-order chi connectivity index (χ0) is 9.78. The first-order chi connectivity index (χ1) is 5.36. The van der Waals surface area contributed by atoms with Gasteiger partial charge in [-0.1, -0.05) is 4.89 Å². The SMILES string of the molecule is CC(C)S(=O)(=O)NOCC(=O)O. The maximum Gasteiger partial charge on any atom is 0.331 e. The second kappa shape index (κ2) is 4.39. The monoisotopic (exact) mass is 197 g/mol. The van der Waals surface area contributed by atoms with E-state index in [-0.39, 0.29) is 0 Å². The van der Waals surface area contributed by atoms with Gasteiger partial charge in [-0.3, -0.25) is 4.84 Å². The molecular formula is C5H11NO5S. The van der Waals surface area contributed by atoms with Gasteiger partial charge in [0.25, 0.3) is 0 Å². The van der Waals surface area contributed by atoms with E-state index in [1.807, 2.05) is 0 Å². The second-order valence-corrected chi connectivity index (χ2v) is 4.56. The molecule has 0 aliphatic rings. The fourth-order valence-corrected chi connectivity index (χ4v) is 0.685. The van der Waals surface area contributed by atoms with Crippen LogP contribution in [-0.4, -0.2) is 31.4 Å². The van der Waals surface area contributed by atoms with E-state index >= 15 is 0 Å². The van der Waals surface area contributed by atoms with Gasteiger partial charge in [0.05, 0.1) is 5.25 Å². The molecular weight excluding hydrogens is 186 g/mol. The van der Waals surface area contributed by atoms with Crippen molar-refractivity contribution in [2.24, 2.45) is 0 Å². The van der Waals surface area contributed by atoms with Crippen molar-refractivity contribution in [2.75, 3.05) is 6.61 Å². The highest BCUT2D eigenvalue weighted by molar-refractivity contribution is 7.89. The average Bonchev–Trinajstić information content (AvgIpc) is 1.85. The van der Waals surface area contributed by atoms with E-state index in [4.69, 9.17) is 5.11 Å². The topological polar surface area (TPSA) is 92.7 Å². The summed E-state index contributed by atoms with van der Waals surface area (Å²) >= 11 is 0. The third-order valence-electron chi connectivity index (χ3n) is 0.991. The first kappa shape index (κ1) is 11.3. The molecule has 0 amide bonds. The molecule has 6 nitrogen and oxygen atoms in total. The Bertz CT molecular complexity index is 245.